The van der Waals surface area contributed by atoms with E-state index in [4.69, 9.17) is 0 Å². The molecule has 3 heteroatoms. The largest absolute Gasteiger partial charge is 0.347 e. The first kappa shape index (κ1) is 18.9. The molecule has 0 heterocycles. The van der Waals surface area contributed by atoms with Crippen LogP contribution in [0, 0.1) is 6.92 Å². The van der Waals surface area contributed by atoms with Crippen molar-refractivity contribution in [3.63, 3.8) is 0 Å². The lowest BCUT2D eigenvalue weighted by Gasteiger charge is -2.28. The molecule has 0 saturated heterocycles. The number of likely N-dealkylation sites (N-methyl/N-ethyl adjacent to an activating group) is 1. The Balaban J connectivity index is 2.02. The van der Waals surface area contributed by atoms with Crippen LogP contribution in [0.5, 0.6) is 0 Å². The van der Waals surface area contributed by atoms with E-state index >= 15 is 0 Å². The average molecular weight is 358 g/mol. The van der Waals surface area contributed by atoms with Gasteiger partial charge in [-0.1, -0.05) is 90.5 Å². The molecule has 0 unspecified atom stereocenters. The molecule has 3 nitrogen and oxygen atoms in total. The quantitative estimate of drug-likeness (QED) is 0.703. The molecule has 3 aromatic rings. The van der Waals surface area contributed by atoms with Gasteiger partial charge in [-0.25, -0.2) is 0 Å². The molecule has 1 N–H and O–H groups in total. The molecule has 0 aliphatic heterocycles. The molecule has 0 fully saturated rings. The van der Waals surface area contributed by atoms with Gasteiger partial charge in [0.25, 0.3) is 0 Å². The minimum Gasteiger partial charge on any atom is -0.347 e. The zero-order valence-electron chi connectivity index (χ0n) is 16.1. The first-order chi connectivity index (χ1) is 13.1. The molecule has 0 spiro atoms. The van der Waals surface area contributed by atoms with E-state index in [1.165, 1.54) is 5.56 Å². The summed E-state index contributed by atoms with van der Waals surface area (Å²) in [4.78, 5) is 14.6. The molecule has 1 amide bonds. The Morgan fingerprint density at radius 1 is 0.741 bits per heavy atom. The lowest BCUT2D eigenvalue weighted by atomic mass is 9.95. The van der Waals surface area contributed by atoms with Crippen molar-refractivity contribution in [2.45, 2.75) is 19.0 Å². The topological polar surface area (TPSA) is 32.3 Å². The Morgan fingerprint density at radius 2 is 1.22 bits per heavy atom. The van der Waals surface area contributed by atoms with Crippen LogP contribution in [0.1, 0.15) is 34.3 Å². The summed E-state index contributed by atoms with van der Waals surface area (Å²) in [5.41, 5.74) is 4.45. The molecular formula is C24H26N2O. The lowest BCUT2D eigenvalue weighted by molar-refractivity contribution is -0.131. The maximum absolute atomic E-state index is 13.0. The molecule has 0 aromatic heterocycles. The summed E-state index contributed by atoms with van der Waals surface area (Å²) in [6, 6.07) is 28.1. The summed E-state index contributed by atoms with van der Waals surface area (Å²) in [7, 11) is 3.59. The molecule has 0 bridgehead atoms. The molecule has 0 aliphatic carbocycles. The van der Waals surface area contributed by atoms with Crippen molar-refractivity contribution in [3.8, 4) is 0 Å². The summed E-state index contributed by atoms with van der Waals surface area (Å²) >= 11 is 0. The summed E-state index contributed by atoms with van der Waals surface area (Å²) in [5.74, 6) is 0.0363. The van der Waals surface area contributed by atoms with E-state index in [1.807, 2.05) is 48.5 Å². The van der Waals surface area contributed by atoms with Crippen LogP contribution in [0.3, 0.4) is 0 Å². The van der Waals surface area contributed by atoms with Crippen molar-refractivity contribution in [1.29, 1.82) is 0 Å². The van der Waals surface area contributed by atoms with Gasteiger partial charge >= 0.3 is 0 Å². The molecule has 0 aliphatic rings. The van der Waals surface area contributed by atoms with Gasteiger partial charge in [0.05, 0.1) is 6.04 Å². The second kappa shape index (κ2) is 8.65. The average Bonchev–Trinajstić information content (AvgIpc) is 2.70. The van der Waals surface area contributed by atoms with Gasteiger partial charge in [-0.2, -0.15) is 0 Å². The van der Waals surface area contributed by atoms with Gasteiger partial charge in [0.15, 0.2) is 0 Å². The van der Waals surface area contributed by atoms with Crippen LogP contribution in [0.2, 0.25) is 0 Å². The van der Waals surface area contributed by atoms with Crippen LogP contribution >= 0.6 is 0 Å². The monoisotopic (exact) mass is 358 g/mol. The Bertz CT molecular complexity index is 858. The second-order valence-electron chi connectivity index (χ2n) is 7.00. The van der Waals surface area contributed by atoms with Crippen LogP contribution in [0.15, 0.2) is 84.9 Å². The van der Waals surface area contributed by atoms with Crippen molar-refractivity contribution in [2.75, 3.05) is 14.1 Å². The number of amides is 1. The first-order valence-corrected chi connectivity index (χ1v) is 9.20. The van der Waals surface area contributed by atoms with Crippen LogP contribution in [-0.2, 0) is 4.79 Å². The second-order valence-corrected chi connectivity index (χ2v) is 7.00. The number of rotatable bonds is 6. The smallest absolute Gasteiger partial charge is 0.243 e. The van der Waals surface area contributed by atoms with Crippen LogP contribution in [0.4, 0.5) is 0 Å². The number of benzene rings is 3. The maximum atomic E-state index is 13.0. The van der Waals surface area contributed by atoms with E-state index in [0.29, 0.717) is 0 Å². The fourth-order valence-corrected chi connectivity index (χ4v) is 3.17. The van der Waals surface area contributed by atoms with Crippen molar-refractivity contribution >= 4 is 5.91 Å². The van der Waals surface area contributed by atoms with E-state index in [2.05, 4.69) is 48.6 Å². The van der Waals surface area contributed by atoms with Gasteiger partial charge in [0.1, 0.15) is 6.04 Å². The van der Waals surface area contributed by atoms with Gasteiger partial charge < -0.3 is 4.90 Å². The highest BCUT2D eigenvalue weighted by molar-refractivity contribution is 5.83. The molecule has 3 aromatic carbocycles. The third-order valence-corrected chi connectivity index (χ3v) is 4.70. The van der Waals surface area contributed by atoms with Crippen LogP contribution < -0.4 is 5.32 Å². The highest BCUT2D eigenvalue weighted by atomic mass is 16.2. The van der Waals surface area contributed by atoms with Crippen molar-refractivity contribution in [3.05, 3.63) is 107 Å². The molecule has 138 valence electrons. The van der Waals surface area contributed by atoms with Gasteiger partial charge in [0, 0.05) is 14.1 Å². The van der Waals surface area contributed by atoms with E-state index in [0.717, 1.165) is 16.7 Å². The summed E-state index contributed by atoms with van der Waals surface area (Å²) in [6.07, 6.45) is 0. The standard InChI is InChI=1S/C24H26N2O/c1-18-14-16-21(17-15-18)22(19-10-6-4-7-11-19)25-23(24(27)26(2)3)20-12-8-5-9-13-20/h4-17,22-23,25H,1-3H3/t22-,23-/m1/s1. The Morgan fingerprint density at radius 3 is 1.74 bits per heavy atom. The Labute approximate surface area is 161 Å². The molecular weight excluding hydrogens is 332 g/mol. The number of aryl methyl sites for hydroxylation is 1. The Hall–Kier alpha value is -2.91. The summed E-state index contributed by atoms with van der Waals surface area (Å²) in [6.45, 7) is 2.08. The number of carbonyl (C=O) groups is 1. The minimum absolute atomic E-state index is 0.0363. The van der Waals surface area contributed by atoms with E-state index in [9.17, 15) is 4.79 Å². The van der Waals surface area contributed by atoms with Gasteiger partial charge in [0.2, 0.25) is 5.91 Å². The number of nitrogens with zero attached hydrogens (tertiary/aromatic N) is 1. The predicted octanol–water partition coefficient (Wildman–Crippen LogP) is 4.50. The fourth-order valence-electron chi connectivity index (χ4n) is 3.17. The third kappa shape index (κ3) is 4.63. The SMILES string of the molecule is Cc1ccc([C@H](N[C@@H](C(=O)N(C)C)c2ccccc2)c2ccccc2)cc1. The van der Waals surface area contributed by atoms with E-state index in [1.54, 1.807) is 19.0 Å². The lowest BCUT2D eigenvalue weighted by Crippen LogP contribution is -2.39. The molecule has 27 heavy (non-hydrogen) atoms. The summed E-state index contributed by atoms with van der Waals surface area (Å²) in [5, 5.41) is 3.61. The predicted molar refractivity (Wildman–Crippen MR) is 110 cm³/mol. The van der Waals surface area contributed by atoms with Gasteiger partial charge in [-0.15, -0.1) is 0 Å². The fraction of sp³-hybridized carbons (Fsp3) is 0.208. The first-order valence-electron chi connectivity index (χ1n) is 9.20. The highest BCUT2D eigenvalue weighted by Crippen LogP contribution is 2.27. The zero-order valence-corrected chi connectivity index (χ0v) is 16.1. The van der Waals surface area contributed by atoms with Crippen molar-refractivity contribution in [2.24, 2.45) is 0 Å². The molecule has 0 radical (unpaired) electrons. The molecule has 0 saturated carbocycles. The van der Waals surface area contributed by atoms with Crippen molar-refractivity contribution < 1.29 is 4.79 Å². The maximum Gasteiger partial charge on any atom is 0.243 e. The van der Waals surface area contributed by atoms with Crippen LogP contribution in [-0.4, -0.2) is 24.9 Å². The number of nitrogens with one attached hydrogen (secondary N) is 1. The van der Waals surface area contributed by atoms with Crippen molar-refractivity contribution in [1.82, 2.24) is 10.2 Å². The summed E-state index contributed by atoms with van der Waals surface area (Å²) < 4.78 is 0. The number of hydrogen-bond acceptors (Lipinski definition) is 2. The highest BCUT2D eigenvalue weighted by Gasteiger charge is 2.26. The number of carbonyl (C=O) groups excluding carboxylic acids is 1. The van der Waals surface area contributed by atoms with Gasteiger partial charge in [-0.05, 0) is 23.6 Å². The molecule has 2 atom stereocenters. The van der Waals surface area contributed by atoms with Crippen LogP contribution in [0.25, 0.3) is 0 Å². The minimum atomic E-state index is -0.423. The van der Waals surface area contributed by atoms with E-state index in [-0.39, 0.29) is 11.9 Å². The van der Waals surface area contributed by atoms with E-state index < -0.39 is 6.04 Å². The Kier molecular flexibility index (Phi) is 6.05. The third-order valence-electron chi connectivity index (χ3n) is 4.70. The zero-order chi connectivity index (χ0) is 19.2. The number of hydrogen-bond donors (Lipinski definition) is 1. The molecule has 3 rings (SSSR count). The normalized spacial score (nSPS) is 13.0. The van der Waals surface area contributed by atoms with Gasteiger partial charge in [-0.3, -0.25) is 10.1 Å².